The Kier molecular flexibility index (Phi) is 3.50. The molecule has 5 nitrogen and oxygen atoms in total. The average Bonchev–Trinajstić information content (AvgIpc) is 3.18. The summed E-state index contributed by atoms with van der Waals surface area (Å²) in [5.74, 6) is 0.377. The van der Waals surface area contributed by atoms with E-state index in [-0.39, 0.29) is 11.6 Å². The van der Waals surface area contributed by atoms with Crippen LogP contribution in [0.3, 0.4) is 0 Å². The number of nitrogens with two attached hydrogens (primary N) is 1. The van der Waals surface area contributed by atoms with Gasteiger partial charge in [-0.1, -0.05) is 26.0 Å². The van der Waals surface area contributed by atoms with Crippen LogP contribution < -0.4 is 15.4 Å². The highest BCUT2D eigenvalue weighted by Gasteiger charge is 2.43. The highest BCUT2D eigenvalue weighted by atomic mass is 32.2. The summed E-state index contributed by atoms with van der Waals surface area (Å²) < 4.78 is 27.7. The van der Waals surface area contributed by atoms with Gasteiger partial charge in [0, 0.05) is 19.1 Å². The number of anilines is 1. The Morgan fingerprint density at radius 1 is 1.29 bits per heavy atom. The lowest BCUT2D eigenvalue weighted by Gasteiger charge is -2.52. The second kappa shape index (κ2) is 4.97. The van der Waals surface area contributed by atoms with Gasteiger partial charge in [-0.05, 0) is 30.9 Å². The molecule has 0 unspecified atom stereocenters. The summed E-state index contributed by atoms with van der Waals surface area (Å²) in [6.45, 7) is 5.60. The Balaban J connectivity index is 1.84. The number of para-hydroxylation sites is 1. The molecule has 0 atom stereocenters. The van der Waals surface area contributed by atoms with E-state index in [9.17, 15) is 8.42 Å². The first-order chi connectivity index (χ1) is 9.82. The molecule has 1 heterocycles. The van der Waals surface area contributed by atoms with Crippen LogP contribution in [0.5, 0.6) is 0 Å². The van der Waals surface area contributed by atoms with Gasteiger partial charge in [0.1, 0.15) is 4.90 Å². The summed E-state index contributed by atoms with van der Waals surface area (Å²) in [6.07, 6.45) is 1.87. The maximum Gasteiger partial charge on any atom is 0.242 e. The predicted octanol–water partition coefficient (Wildman–Crippen LogP) is 1.30. The Bertz CT molecular complexity index is 632. The molecule has 3 N–H and O–H groups in total. The zero-order chi connectivity index (χ0) is 15.3. The van der Waals surface area contributed by atoms with E-state index in [4.69, 9.17) is 5.73 Å². The fraction of sp³-hybridized carbons (Fsp3) is 0.600. The van der Waals surface area contributed by atoms with E-state index >= 15 is 0 Å². The quantitative estimate of drug-likeness (QED) is 0.860. The minimum atomic E-state index is -3.44. The molecule has 2 aliphatic rings. The second-order valence-electron chi connectivity index (χ2n) is 6.61. The van der Waals surface area contributed by atoms with Gasteiger partial charge in [0.05, 0.1) is 11.2 Å². The van der Waals surface area contributed by atoms with Crippen molar-refractivity contribution in [2.24, 2.45) is 11.7 Å². The van der Waals surface area contributed by atoms with Gasteiger partial charge in [0.25, 0.3) is 0 Å². The maximum absolute atomic E-state index is 12.5. The van der Waals surface area contributed by atoms with E-state index in [1.807, 2.05) is 12.1 Å². The molecule has 0 amide bonds. The molecular formula is C15H23N3O2S. The van der Waals surface area contributed by atoms with Crippen LogP contribution in [-0.4, -0.2) is 33.1 Å². The van der Waals surface area contributed by atoms with Crippen LogP contribution in [0, 0.1) is 5.92 Å². The Morgan fingerprint density at radius 3 is 2.48 bits per heavy atom. The minimum absolute atomic E-state index is 0.115. The monoisotopic (exact) mass is 309 g/mol. The molecule has 0 radical (unpaired) electrons. The van der Waals surface area contributed by atoms with Crippen LogP contribution in [0.4, 0.5) is 5.69 Å². The normalized spacial score (nSPS) is 21.4. The van der Waals surface area contributed by atoms with Gasteiger partial charge in [-0.3, -0.25) is 0 Å². The van der Waals surface area contributed by atoms with Crippen molar-refractivity contribution in [2.75, 3.05) is 18.0 Å². The van der Waals surface area contributed by atoms with Gasteiger partial charge >= 0.3 is 0 Å². The molecule has 1 aromatic rings. The zero-order valence-electron chi connectivity index (χ0n) is 12.5. The Morgan fingerprint density at radius 2 is 1.90 bits per heavy atom. The molecule has 2 fully saturated rings. The number of hydrogen-bond acceptors (Lipinski definition) is 4. The molecule has 1 aromatic carbocycles. The summed E-state index contributed by atoms with van der Waals surface area (Å²) in [4.78, 5) is 2.42. The van der Waals surface area contributed by atoms with E-state index in [0.717, 1.165) is 18.5 Å². The third-order valence-corrected chi connectivity index (χ3v) is 6.08. The van der Waals surface area contributed by atoms with E-state index in [2.05, 4.69) is 23.5 Å². The van der Waals surface area contributed by atoms with Crippen molar-refractivity contribution in [3.05, 3.63) is 24.3 Å². The van der Waals surface area contributed by atoms with Crippen molar-refractivity contribution in [1.82, 2.24) is 4.72 Å². The number of nitrogens with zero attached hydrogens (tertiary/aromatic N) is 1. The number of rotatable bonds is 5. The lowest BCUT2D eigenvalue weighted by molar-refractivity contribution is 0.244. The summed E-state index contributed by atoms with van der Waals surface area (Å²) in [5, 5.41) is 0. The molecule has 1 aliphatic carbocycles. The largest absolute Gasteiger partial charge is 0.367 e. The van der Waals surface area contributed by atoms with Crippen LogP contribution in [0.15, 0.2) is 29.2 Å². The third-order valence-electron chi connectivity index (χ3n) is 4.51. The molecule has 3 rings (SSSR count). The minimum Gasteiger partial charge on any atom is -0.367 e. The summed E-state index contributed by atoms with van der Waals surface area (Å²) >= 11 is 0. The lowest BCUT2D eigenvalue weighted by atomic mass is 9.80. The van der Waals surface area contributed by atoms with Crippen molar-refractivity contribution in [2.45, 2.75) is 43.2 Å². The fourth-order valence-electron chi connectivity index (χ4n) is 2.63. The Hall–Kier alpha value is -1.11. The summed E-state index contributed by atoms with van der Waals surface area (Å²) in [6, 6.07) is 7.29. The topological polar surface area (TPSA) is 75.4 Å². The first kappa shape index (κ1) is 14.8. The van der Waals surface area contributed by atoms with Crippen LogP contribution in [-0.2, 0) is 10.0 Å². The summed E-state index contributed by atoms with van der Waals surface area (Å²) in [7, 11) is -3.44. The highest BCUT2D eigenvalue weighted by molar-refractivity contribution is 7.89. The zero-order valence-corrected chi connectivity index (χ0v) is 13.4. The molecule has 21 heavy (non-hydrogen) atoms. The Labute approximate surface area is 126 Å². The van der Waals surface area contributed by atoms with Gasteiger partial charge in [-0.2, -0.15) is 0 Å². The van der Waals surface area contributed by atoms with Gasteiger partial charge in [0.2, 0.25) is 10.0 Å². The average molecular weight is 309 g/mol. The molecular weight excluding hydrogens is 286 g/mol. The van der Waals surface area contributed by atoms with E-state index in [0.29, 0.717) is 23.9 Å². The first-order valence-corrected chi connectivity index (χ1v) is 8.95. The number of sulfonamides is 1. The third kappa shape index (κ3) is 2.80. The van der Waals surface area contributed by atoms with Crippen LogP contribution in [0.25, 0.3) is 0 Å². The number of nitrogens with one attached hydrogen (secondary N) is 1. The van der Waals surface area contributed by atoms with Crippen LogP contribution in [0.2, 0.25) is 0 Å². The molecule has 0 bridgehead atoms. The highest BCUT2D eigenvalue weighted by Crippen LogP contribution is 2.35. The SMILES string of the molecule is CC(C)C1(N)CN(c2ccccc2S(=O)(=O)NC2CC2)C1. The van der Waals surface area contributed by atoms with Crippen LogP contribution in [0.1, 0.15) is 26.7 Å². The standard InChI is InChI=1S/C15H23N3O2S/c1-11(2)15(16)9-18(10-15)13-5-3-4-6-14(13)21(19,20)17-12-7-8-12/h3-6,11-12,17H,7-10,16H2,1-2H3. The smallest absolute Gasteiger partial charge is 0.242 e. The molecule has 6 heteroatoms. The van der Waals surface area contributed by atoms with Crippen molar-refractivity contribution in [3.8, 4) is 0 Å². The van der Waals surface area contributed by atoms with Crippen molar-refractivity contribution in [3.63, 3.8) is 0 Å². The van der Waals surface area contributed by atoms with E-state index < -0.39 is 10.0 Å². The van der Waals surface area contributed by atoms with E-state index in [1.165, 1.54) is 0 Å². The molecule has 1 aliphatic heterocycles. The predicted molar refractivity (Wildman–Crippen MR) is 83.8 cm³/mol. The number of hydrogen-bond donors (Lipinski definition) is 2. The fourth-order valence-corrected chi connectivity index (χ4v) is 4.16. The number of benzene rings is 1. The van der Waals surface area contributed by atoms with Crippen molar-refractivity contribution < 1.29 is 8.42 Å². The molecule has 1 saturated heterocycles. The second-order valence-corrected chi connectivity index (χ2v) is 8.29. The molecule has 0 aromatic heterocycles. The van der Waals surface area contributed by atoms with E-state index in [1.54, 1.807) is 12.1 Å². The summed E-state index contributed by atoms with van der Waals surface area (Å²) in [5.41, 5.74) is 6.85. The first-order valence-electron chi connectivity index (χ1n) is 7.47. The molecule has 1 saturated carbocycles. The van der Waals surface area contributed by atoms with Gasteiger partial charge < -0.3 is 10.6 Å². The van der Waals surface area contributed by atoms with Crippen LogP contribution >= 0.6 is 0 Å². The van der Waals surface area contributed by atoms with Crippen molar-refractivity contribution >= 4 is 15.7 Å². The van der Waals surface area contributed by atoms with Gasteiger partial charge in [-0.15, -0.1) is 0 Å². The van der Waals surface area contributed by atoms with Gasteiger partial charge in [0.15, 0.2) is 0 Å². The lowest BCUT2D eigenvalue weighted by Crippen LogP contribution is -2.70. The molecule has 116 valence electrons. The molecule has 0 spiro atoms. The van der Waals surface area contributed by atoms with Crippen molar-refractivity contribution in [1.29, 1.82) is 0 Å². The van der Waals surface area contributed by atoms with Gasteiger partial charge in [-0.25, -0.2) is 13.1 Å². The maximum atomic E-state index is 12.5.